The van der Waals surface area contributed by atoms with Crippen molar-refractivity contribution in [3.63, 3.8) is 0 Å². The van der Waals surface area contributed by atoms with Crippen LogP contribution in [-0.2, 0) is 28.7 Å². The Kier molecular flexibility index (Phi) is 5.40. The van der Waals surface area contributed by atoms with Gasteiger partial charge in [-0.15, -0.1) is 0 Å². The molecule has 2 aliphatic heterocycles. The van der Waals surface area contributed by atoms with Gasteiger partial charge in [-0.3, -0.25) is 33.8 Å². The highest BCUT2D eigenvalue weighted by Gasteiger charge is 2.77. The van der Waals surface area contributed by atoms with Gasteiger partial charge in [0.1, 0.15) is 17.4 Å². The Morgan fingerprint density at radius 2 is 1.18 bits per heavy atom. The first kappa shape index (κ1) is 25.1. The van der Waals surface area contributed by atoms with E-state index in [1.54, 1.807) is 20.8 Å². The van der Waals surface area contributed by atoms with Crippen molar-refractivity contribution in [2.24, 2.45) is 35.0 Å². The summed E-state index contributed by atoms with van der Waals surface area (Å²) in [4.78, 5) is 70.2. The number of anilines is 2. The number of esters is 1. The number of hydrogen-bond donors (Lipinski definition) is 0. The predicted octanol–water partition coefficient (Wildman–Crippen LogP) is 3.75. The first-order chi connectivity index (χ1) is 18.5. The summed E-state index contributed by atoms with van der Waals surface area (Å²) in [5.74, 6) is -8.97. The fourth-order valence-electron chi connectivity index (χ4n) is 7.25. The number of benzene rings is 2. The number of rotatable bonds is 4. The molecule has 7 rings (SSSR count). The fourth-order valence-corrected chi connectivity index (χ4v) is 7.25. The lowest BCUT2D eigenvalue weighted by Gasteiger charge is -2.55. The topological polar surface area (TPSA) is 101 Å². The average molecular weight is 535 g/mol. The van der Waals surface area contributed by atoms with Gasteiger partial charge in [0.05, 0.1) is 40.5 Å². The monoisotopic (exact) mass is 534 g/mol. The van der Waals surface area contributed by atoms with Crippen molar-refractivity contribution >= 4 is 41.0 Å². The second-order valence-electron chi connectivity index (χ2n) is 10.6. The summed E-state index contributed by atoms with van der Waals surface area (Å²) in [7, 11) is 0. The van der Waals surface area contributed by atoms with Crippen molar-refractivity contribution in [3.05, 3.63) is 71.5 Å². The minimum atomic E-state index is -1.51. The number of ether oxygens (including phenoxy) is 1. The van der Waals surface area contributed by atoms with E-state index in [1.807, 2.05) is 0 Å². The van der Waals surface area contributed by atoms with Crippen molar-refractivity contribution in [2.75, 3.05) is 9.80 Å². The van der Waals surface area contributed by atoms with Gasteiger partial charge in [-0.25, -0.2) is 8.78 Å². The molecule has 200 valence electrons. The average Bonchev–Trinajstić information content (AvgIpc) is 3.33. The minimum Gasteiger partial charge on any atom is -0.430 e. The molecule has 0 radical (unpaired) electrons. The summed E-state index contributed by atoms with van der Waals surface area (Å²) in [5, 5.41) is 0. The van der Waals surface area contributed by atoms with Crippen LogP contribution in [0.3, 0.4) is 0 Å². The van der Waals surface area contributed by atoms with Gasteiger partial charge in [-0.05, 0) is 61.0 Å². The summed E-state index contributed by atoms with van der Waals surface area (Å²) in [6.07, 6.45) is 0.0306. The van der Waals surface area contributed by atoms with Gasteiger partial charge in [0, 0.05) is 12.3 Å². The Morgan fingerprint density at radius 3 is 1.56 bits per heavy atom. The third-order valence-electron chi connectivity index (χ3n) is 8.79. The first-order valence-corrected chi connectivity index (χ1v) is 12.7. The van der Waals surface area contributed by atoms with Crippen LogP contribution in [0.25, 0.3) is 0 Å². The second-order valence-corrected chi connectivity index (χ2v) is 10.6. The lowest BCUT2D eigenvalue weighted by molar-refractivity contribution is -0.160. The van der Waals surface area contributed by atoms with Gasteiger partial charge in [-0.2, -0.15) is 0 Å². The molecule has 0 N–H and O–H groups in total. The Morgan fingerprint density at radius 1 is 0.769 bits per heavy atom. The normalized spacial score (nSPS) is 31.3. The zero-order valence-electron chi connectivity index (χ0n) is 21.3. The van der Waals surface area contributed by atoms with Gasteiger partial charge in [0.2, 0.25) is 23.6 Å². The lowest BCUT2D eigenvalue weighted by atomic mass is 9.45. The highest BCUT2D eigenvalue weighted by molar-refractivity contribution is 6.27. The zero-order chi connectivity index (χ0) is 28.0. The Labute approximate surface area is 222 Å². The Balaban J connectivity index is 1.53. The molecule has 3 aliphatic carbocycles. The summed E-state index contributed by atoms with van der Waals surface area (Å²) >= 11 is 0. The molecule has 2 heterocycles. The minimum absolute atomic E-state index is 0.0306. The van der Waals surface area contributed by atoms with Crippen LogP contribution in [0, 0.1) is 46.6 Å². The molecule has 0 spiro atoms. The van der Waals surface area contributed by atoms with Crippen LogP contribution < -0.4 is 9.80 Å². The summed E-state index contributed by atoms with van der Waals surface area (Å²) < 4.78 is 33.0. The van der Waals surface area contributed by atoms with Crippen LogP contribution >= 0.6 is 0 Å². The molecule has 2 aromatic carbocycles. The maximum absolute atomic E-state index is 14.0. The van der Waals surface area contributed by atoms with Gasteiger partial charge in [0.25, 0.3) is 0 Å². The van der Waals surface area contributed by atoms with Crippen LogP contribution in [0.4, 0.5) is 20.2 Å². The maximum atomic E-state index is 14.0. The van der Waals surface area contributed by atoms with Crippen molar-refractivity contribution in [1.29, 1.82) is 0 Å². The van der Waals surface area contributed by atoms with E-state index in [4.69, 9.17) is 4.74 Å². The van der Waals surface area contributed by atoms with Crippen molar-refractivity contribution in [2.45, 2.75) is 27.2 Å². The molecule has 8 nitrogen and oxygen atoms in total. The molecule has 3 fully saturated rings. The summed E-state index contributed by atoms with van der Waals surface area (Å²) in [5.41, 5.74) is -0.707. The quantitative estimate of drug-likeness (QED) is 0.438. The fraction of sp³-hybridized carbons (Fsp3) is 0.345. The molecule has 39 heavy (non-hydrogen) atoms. The van der Waals surface area contributed by atoms with Crippen LogP contribution in [0.2, 0.25) is 0 Å². The van der Waals surface area contributed by atoms with Gasteiger partial charge in [0.15, 0.2) is 0 Å². The zero-order valence-corrected chi connectivity index (χ0v) is 21.3. The van der Waals surface area contributed by atoms with Gasteiger partial charge >= 0.3 is 5.97 Å². The molecule has 1 saturated carbocycles. The van der Waals surface area contributed by atoms with Crippen LogP contribution in [0.1, 0.15) is 27.2 Å². The van der Waals surface area contributed by atoms with E-state index < -0.39 is 76.2 Å². The standard InChI is InChI=1S/C29H24F2N2O6/c1-4-18(34)39-24-13(2)19-20-22(27(37)32(25(20)35)16-9-5-14(30)6-10-16)29(24,3)23-21(19)26(36)33(28(23)38)17-11-7-15(31)8-12-17/h5-12,19-23H,4H2,1-3H3/t19?,20-,21-,22-,23+,29?/m1/s1. The van der Waals surface area contributed by atoms with E-state index in [2.05, 4.69) is 0 Å². The molecular formula is C29H24F2N2O6. The predicted molar refractivity (Wildman–Crippen MR) is 132 cm³/mol. The largest absolute Gasteiger partial charge is 0.430 e. The number of imide groups is 2. The maximum Gasteiger partial charge on any atom is 0.310 e. The van der Waals surface area contributed by atoms with Crippen LogP contribution in [-0.4, -0.2) is 29.6 Å². The number of carbonyl (C=O) groups is 5. The van der Waals surface area contributed by atoms with Crippen molar-refractivity contribution < 1.29 is 37.5 Å². The van der Waals surface area contributed by atoms with Gasteiger partial charge < -0.3 is 4.74 Å². The van der Waals surface area contributed by atoms with Crippen LogP contribution in [0.15, 0.2) is 59.9 Å². The smallest absolute Gasteiger partial charge is 0.310 e. The molecule has 0 aromatic heterocycles. The lowest BCUT2D eigenvalue weighted by Crippen LogP contribution is -2.60. The number of hydrogen-bond acceptors (Lipinski definition) is 6. The number of nitrogens with zero attached hydrogens (tertiary/aromatic N) is 2. The second kappa shape index (κ2) is 8.39. The SMILES string of the molecule is CCC(=O)OC1=C(C)C2[C@H]3C(=O)N(c4ccc(F)cc4)C(=O)[C@H]3C1(C)[C@H]1C(=O)N(c3ccc(F)cc3)C(=O)[C@H]21. The van der Waals surface area contributed by atoms with E-state index in [0.29, 0.717) is 5.57 Å². The first-order valence-electron chi connectivity index (χ1n) is 12.7. The summed E-state index contributed by atoms with van der Waals surface area (Å²) in [6, 6.07) is 9.81. The number of halogens is 2. The third-order valence-corrected chi connectivity index (χ3v) is 8.79. The molecule has 6 atom stereocenters. The van der Waals surface area contributed by atoms with E-state index >= 15 is 0 Å². The van der Waals surface area contributed by atoms with E-state index in [9.17, 15) is 32.8 Å². The highest BCUT2D eigenvalue weighted by atomic mass is 19.1. The molecule has 5 aliphatic rings. The Bertz CT molecular complexity index is 1410. The van der Waals surface area contributed by atoms with Crippen LogP contribution in [0.5, 0.6) is 0 Å². The molecule has 2 bridgehead atoms. The Hall–Kier alpha value is -4.21. The van der Waals surface area contributed by atoms with E-state index in [1.165, 1.54) is 24.3 Å². The molecule has 2 saturated heterocycles. The molecule has 2 unspecified atom stereocenters. The van der Waals surface area contributed by atoms with Gasteiger partial charge in [-0.1, -0.05) is 13.8 Å². The molecule has 4 amide bonds. The van der Waals surface area contributed by atoms with Crippen molar-refractivity contribution in [3.8, 4) is 0 Å². The van der Waals surface area contributed by atoms with E-state index in [-0.39, 0.29) is 23.6 Å². The molecular weight excluding hydrogens is 510 g/mol. The summed E-state index contributed by atoms with van der Waals surface area (Å²) in [6.45, 7) is 4.86. The van der Waals surface area contributed by atoms with E-state index in [0.717, 1.165) is 34.1 Å². The number of carbonyl (C=O) groups excluding carboxylic acids is 5. The molecule has 2 aromatic rings. The third kappa shape index (κ3) is 3.17. The highest BCUT2D eigenvalue weighted by Crippen LogP contribution is 2.68. The van der Waals surface area contributed by atoms with Crippen molar-refractivity contribution in [1.82, 2.24) is 0 Å². The number of allylic oxidation sites excluding steroid dienone is 2. The molecule has 10 heteroatoms. The number of amides is 4.